The molecule has 0 fully saturated rings. The molecular weight excluding hydrogens is 156 g/mol. The topological polar surface area (TPSA) is 0 Å². The fraction of sp³-hybridized carbons (Fsp3) is 0.231. The Bertz CT molecular complexity index is 371. The van der Waals surface area contributed by atoms with Crippen LogP contribution in [0.5, 0.6) is 0 Å². The maximum atomic E-state index is 3.71. The smallest absolute Gasteiger partial charge is 0.0163 e. The van der Waals surface area contributed by atoms with Crippen molar-refractivity contribution >= 4 is 12.2 Å². The molecule has 0 aromatic heterocycles. The van der Waals surface area contributed by atoms with Gasteiger partial charge < -0.3 is 0 Å². The van der Waals surface area contributed by atoms with Gasteiger partial charge in [-0.3, -0.25) is 0 Å². The zero-order valence-corrected chi connectivity index (χ0v) is 8.16. The Labute approximate surface area is 79.9 Å². The first-order valence-electron chi connectivity index (χ1n) is 4.74. The van der Waals surface area contributed by atoms with Crippen LogP contribution in [0.3, 0.4) is 0 Å². The molecule has 0 radical (unpaired) electrons. The first kappa shape index (κ1) is 9.79. The van der Waals surface area contributed by atoms with Crippen molar-refractivity contribution < 1.29 is 0 Å². The highest BCUT2D eigenvalue weighted by Gasteiger charge is 1.81. The minimum Gasteiger partial charge on any atom is -0.103 e. The summed E-state index contributed by atoms with van der Waals surface area (Å²) in [5, 5.41) is 2.64. The Hall–Kier alpha value is -1.30. The summed E-state index contributed by atoms with van der Waals surface area (Å²) < 4.78 is 0. The van der Waals surface area contributed by atoms with E-state index in [1.54, 1.807) is 0 Å². The molecule has 0 aliphatic carbocycles. The third-order valence-corrected chi connectivity index (χ3v) is 1.92. The van der Waals surface area contributed by atoms with Gasteiger partial charge in [0, 0.05) is 0 Å². The zero-order chi connectivity index (χ0) is 9.52. The van der Waals surface area contributed by atoms with Gasteiger partial charge in [-0.05, 0) is 23.3 Å². The normalized spacial score (nSPS) is 13.3. The van der Waals surface area contributed by atoms with Crippen LogP contribution >= 0.6 is 0 Å². The molecule has 0 amide bonds. The van der Waals surface area contributed by atoms with Crippen LogP contribution < -0.4 is 10.4 Å². The maximum absolute atomic E-state index is 3.71. The Morgan fingerprint density at radius 3 is 2.31 bits per heavy atom. The van der Waals surface area contributed by atoms with Gasteiger partial charge in [-0.2, -0.15) is 0 Å². The first-order valence-corrected chi connectivity index (χ1v) is 4.74. The summed E-state index contributed by atoms with van der Waals surface area (Å²) in [5.41, 5.74) is 0. The number of rotatable bonds is 3. The molecule has 0 aliphatic rings. The van der Waals surface area contributed by atoms with E-state index in [-0.39, 0.29) is 0 Å². The minimum absolute atomic E-state index is 0.939. The van der Waals surface area contributed by atoms with Gasteiger partial charge in [0.15, 0.2) is 0 Å². The number of benzene rings is 1. The fourth-order valence-electron chi connectivity index (χ4n) is 1.31. The van der Waals surface area contributed by atoms with Gasteiger partial charge in [0.05, 0.1) is 0 Å². The van der Waals surface area contributed by atoms with Crippen LogP contribution in [0.25, 0.3) is 12.2 Å². The summed E-state index contributed by atoms with van der Waals surface area (Å²) in [4.78, 5) is 0. The summed E-state index contributed by atoms with van der Waals surface area (Å²) in [6, 6.07) is 8.44. The molecule has 0 saturated heterocycles. The van der Waals surface area contributed by atoms with Crippen LogP contribution in [-0.2, 0) is 0 Å². The van der Waals surface area contributed by atoms with E-state index in [1.165, 1.54) is 10.4 Å². The lowest BCUT2D eigenvalue weighted by Gasteiger charge is -1.89. The Balaban J connectivity index is 3.19. The standard InChI is InChI=1S/C13H16/c1-3-5-9-13-11-7-6-10-12(13)8-4-2/h3,6-11H,1,4-5H2,2H3/b12-8-,13-9-. The van der Waals surface area contributed by atoms with Gasteiger partial charge in [-0.25, -0.2) is 0 Å². The second kappa shape index (κ2) is 5.36. The van der Waals surface area contributed by atoms with Crippen LogP contribution in [-0.4, -0.2) is 0 Å². The van der Waals surface area contributed by atoms with E-state index < -0.39 is 0 Å². The van der Waals surface area contributed by atoms with Crippen molar-refractivity contribution in [3.8, 4) is 0 Å². The van der Waals surface area contributed by atoms with E-state index in [0.717, 1.165) is 12.8 Å². The van der Waals surface area contributed by atoms with E-state index in [9.17, 15) is 0 Å². The second-order valence-electron chi connectivity index (χ2n) is 2.97. The highest BCUT2D eigenvalue weighted by atomic mass is 13.9. The van der Waals surface area contributed by atoms with Crippen LogP contribution in [0.15, 0.2) is 36.9 Å². The largest absolute Gasteiger partial charge is 0.103 e. The van der Waals surface area contributed by atoms with Crippen molar-refractivity contribution in [3.63, 3.8) is 0 Å². The Kier molecular flexibility index (Phi) is 4.04. The number of hydrogen-bond acceptors (Lipinski definition) is 0. The molecule has 0 aliphatic heterocycles. The maximum Gasteiger partial charge on any atom is -0.0163 e. The van der Waals surface area contributed by atoms with Crippen LogP contribution in [0.4, 0.5) is 0 Å². The van der Waals surface area contributed by atoms with E-state index in [2.05, 4.69) is 49.9 Å². The van der Waals surface area contributed by atoms with E-state index >= 15 is 0 Å². The predicted molar refractivity (Wildman–Crippen MR) is 59.7 cm³/mol. The molecule has 1 aromatic rings. The minimum atomic E-state index is 0.939. The van der Waals surface area contributed by atoms with Gasteiger partial charge in [-0.15, -0.1) is 6.58 Å². The molecule has 0 nitrogen and oxygen atoms in total. The van der Waals surface area contributed by atoms with Crippen molar-refractivity contribution in [2.24, 2.45) is 0 Å². The van der Waals surface area contributed by atoms with Crippen LogP contribution in [0, 0.1) is 0 Å². The molecule has 0 N–H and O–H groups in total. The van der Waals surface area contributed by atoms with Crippen molar-refractivity contribution in [2.45, 2.75) is 19.8 Å². The molecule has 0 atom stereocenters. The summed E-state index contributed by atoms with van der Waals surface area (Å²) >= 11 is 0. The van der Waals surface area contributed by atoms with Crippen molar-refractivity contribution in [2.75, 3.05) is 0 Å². The molecule has 0 spiro atoms. The van der Waals surface area contributed by atoms with Crippen molar-refractivity contribution in [3.05, 3.63) is 47.4 Å². The van der Waals surface area contributed by atoms with Gasteiger partial charge in [0.1, 0.15) is 0 Å². The van der Waals surface area contributed by atoms with E-state index in [1.807, 2.05) is 6.08 Å². The summed E-state index contributed by atoms with van der Waals surface area (Å²) in [5.74, 6) is 0. The van der Waals surface area contributed by atoms with Gasteiger partial charge in [-0.1, -0.05) is 49.4 Å². The quantitative estimate of drug-likeness (QED) is 0.613. The summed E-state index contributed by atoms with van der Waals surface area (Å²) in [6.07, 6.45) is 8.39. The molecule has 68 valence electrons. The lowest BCUT2D eigenvalue weighted by atomic mass is 10.2. The molecule has 0 unspecified atom stereocenters. The molecule has 1 rings (SSSR count). The molecule has 0 heteroatoms. The molecule has 1 aromatic carbocycles. The van der Waals surface area contributed by atoms with Gasteiger partial charge in [0.2, 0.25) is 0 Å². The molecule has 0 bridgehead atoms. The van der Waals surface area contributed by atoms with Crippen LogP contribution in [0.1, 0.15) is 19.8 Å². The van der Waals surface area contributed by atoms with E-state index in [0.29, 0.717) is 0 Å². The third-order valence-electron chi connectivity index (χ3n) is 1.92. The lowest BCUT2D eigenvalue weighted by Crippen LogP contribution is -2.23. The Morgan fingerprint density at radius 2 is 1.77 bits per heavy atom. The summed E-state index contributed by atoms with van der Waals surface area (Å²) in [6.45, 7) is 5.87. The fourth-order valence-corrected chi connectivity index (χ4v) is 1.31. The van der Waals surface area contributed by atoms with Gasteiger partial charge in [0.25, 0.3) is 0 Å². The van der Waals surface area contributed by atoms with Gasteiger partial charge >= 0.3 is 0 Å². The molecule has 0 saturated carbocycles. The number of allylic oxidation sites excluding steroid dienone is 1. The van der Waals surface area contributed by atoms with Crippen molar-refractivity contribution in [1.82, 2.24) is 0 Å². The number of hydrogen-bond donors (Lipinski definition) is 0. The molecular formula is C13H16. The highest BCUT2D eigenvalue weighted by Crippen LogP contribution is 1.81. The van der Waals surface area contributed by atoms with Crippen molar-refractivity contribution in [1.29, 1.82) is 0 Å². The monoisotopic (exact) mass is 172 g/mol. The summed E-state index contributed by atoms with van der Waals surface area (Å²) in [7, 11) is 0. The van der Waals surface area contributed by atoms with E-state index in [4.69, 9.17) is 0 Å². The third kappa shape index (κ3) is 2.90. The second-order valence-corrected chi connectivity index (χ2v) is 2.97. The Morgan fingerprint density at radius 1 is 1.15 bits per heavy atom. The molecule has 0 heterocycles. The molecule has 13 heavy (non-hydrogen) atoms. The highest BCUT2D eigenvalue weighted by molar-refractivity contribution is 5.32. The average molecular weight is 172 g/mol. The lowest BCUT2D eigenvalue weighted by molar-refractivity contribution is 1.28. The average Bonchev–Trinajstić information content (AvgIpc) is 2.17. The zero-order valence-electron chi connectivity index (χ0n) is 8.16. The SMILES string of the molecule is C=CC/C=c1/cccc/c1=C/CC. The van der Waals surface area contributed by atoms with Crippen LogP contribution in [0.2, 0.25) is 0 Å². The predicted octanol–water partition coefficient (Wildman–Crippen LogP) is 2.23. The first-order chi connectivity index (χ1) is 6.38.